The average Bonchev–Trinajstić information content (AvgIpc) is 2.38. The van der Waals surface area contributed by atoms with Crippen LogP contribution in [0.4, 0.5) is 0 Å². The van der Waals surface area contributed by atoms with Crippen molar-refractivity contribution in [3.8, 4) is 0 Å². The summed E-state index contributed by atoms with van der Waals surface area (Å²) in [6.45, 7) is 11.0. The van der Waals surface area contributed by atoms with Gasteiger partial charge in [-0.2, -0.15) is 0 Å². The molecule has 0 aliphatic rings. The molecule has 2 rings (SSSR count). The molecule has 0 amide bonds. The van der Waals surface area contributed by atoms with Gasteiger partial charge in [0.25, 0.3) is 0 Å². The predicted octanol–water partition coefficient (Wildman–Crippen LogP) is 5.98. The number of aryl methyl sites for hydroxylation is 3. The van der Waals surface area contributed by atoms with Gasteiger partial charge in [0.15, 0.2) is 0 Å². The number of rotatable bonds is 4. The zero-order valence-electron chi connectivity index (χ0n) is 13.8. The van der Waals surface area contributed by atoms with Gasteiger partial charge in [-0.25, -0.2) is 0 Å². The second-order valence-electron chi connectivity index (χ2n) is 5.97. The van der Waals surface area contributed by atoms with Crippen molar-refractivity contribution in [2.75, 3.05) is 0 Å². The van der Waals surface area contributed by atoms with Crippen molar-refractivity contribution in [3.63, 3.8) is 0 Å². The lowest BCUT2D eigenvalue weighted by molar-refractivity contribution is 1.05. The first-order chi connectivity index (χ1) is 9.96. The van der Waals surface area contributed by atoms with Crippen LogP contribution in [0, 0.1) is 20.8 Å². The Bertz CT molecular complexity index is 549. The molecule has 21 heavy (non-hydrogen) atoms. The summed E-state index contributed by atoms with van der Waals surface area (Å²) in [5.74, 6) is 0. The van der Waals surface area contributed by atoms with E-state index >= 15 is 0 Å². The molecule has 0 aromatic heterocycles. The molecule has 0 heterocycles. The molecule has 2 aromatic carbocycles. The van der Waals surface area contributed by atoms with Gasteiger partial charge in [0, 0.05) is 5.02 Å². The first-order valence-electron chi connectivity index (χ1n) is 7.83. The third kappa shape index (κ3) is 3.49. The molecule has 0 atom stereocenters. The summed E-state index contributed by atoms with van der Waals surface area (Å²) in [5, 5.41) is 0.908. The molecule has 1 heteroatoms. The standard InChI is InChI=1S/C20H25Cl/c1-6-18-13(3)8-16(9-14(18)4)11-17-10-15(5)19(7-2)20(21)12-17/h8-10,12H,6-7,11H2,1-5H3. The smallest absolute Gasteiger partial charge is 0.0443 e. The number of halogens is 1. The zero-order chi connectivity index (χ0) is 15.6. The monoisotopic (exact) mass is 300 g/mol. The Morgan fingerprint density at radius 1 is 0.714 bits per heavy atom. The largest absolute Gasteiger partial charge is 0.0840 e. The molecule has 2 aromatic rings. The van der Waals surface area contributed by atoms with E-state index in [0.717, 1.165) is 24.3 Å². The molecule has 0 aliphatic heterocycles. The molecular formula is C20H25Cl. The molecule has 0 bridgehead atoms. The quantitative estimate of drug-likeness (QED) is 0.651. The van der Waals surface area contributed by atoms with Gasteiger partial charge in [0.1, 0.15) is 0 Å². The Morgan fingerprint density at radius 2 is 1.14 bits per heavy atom. The van der Waals surface area contributed by atoms with Crippen molar-refractivity contribution < 1.29 is 0 Å². The Morgan fingerprint density at radius 3 is 1.57 bits per heavy atom. The summed E-state index contributed by atoms with van der Waals surface area (Å²) in [4.78, 5) is 0. The highest BCUT2D eigenvalue weighted by Crippen LogP contribution is 2.25. The van der Waals surface area contributed by atoms with E-state index in [1.165, 1.54) is 38.9 Å². The van der Waals surface area contributed by atoms with Crippen molar-refractivity contribution in [2.24, 2.45) is 0 Å². The minimum absolute atomic E-state index is 0.908. The van der Waals surface area contributed by atoms with E-state index in [4.69, 9.17) is 11.6 Å². The first kappa shape index (κ1) is 16.1. The highest BCUT2D eigenvalue weighted by Gasteiger charge is 2.08. The Balaban J connectivity index is 2.35. The normalized spacial score (nSPS) is 11.0. The third-order valence-corrected chi connectivity index (χ3v) is 4.69. The lowest BCUT2D eigenvalue weighted by atomic mass is 9.93. The van der Waals surface area contributed by atoms with Gasteiger partial charge in [-0.3, -0.25) is 0 Å². The predicted molar refractivity (Wildman–Crippen MR) is 93.7 cm³/mol. The van der Waals surface area contributed by atoms with Gasteiger partial charge in [-0.15, -0.1) is 0 Å². The van der Waals surface area contributed by atoms with Crippen LogP contribution in [0.5, 0.6) is 0 Å². The molecule has 0 unspecified atom stereocenters. The fourth-order valence-electron chi connectivity index (χ4n) is 3.37. The summed E-state index contributed by atoms with van der Waals surface area (Å²) < 4.78 is 0. The van der Waals surface area contributed by atoms with Crippen LogP contribution in [0.2, 0.25) is 5.02 Å². The first-order valence-corrected chi connectivity index (χ1v) is 8.20. The SMILES string of the molecule is CCc1c(C)cc(Cc2cc(C)c(CC)c(Cl)c2)cc1C. The van der Waals surface area contributed by atoms with Crippen LogP contribution < -0.4 is 0 Å². The van der Waals surface area contributed by atoms with E-state index in [1.807, 2.05) is 0 Å². The van der Waals surface area contributed by atoms with Crippen molar-refractivity contribution in [1.29, 1.82) is 0 Å². The topological polar surface area (TPSA) is 0 Å². The molecule has 0 N–H and O–H groups in total. The van der Waals surface area contributed by atoms with E-state index in [2.05, 4.69) is 58.9 Å². The number of hydrogen-bond acceptors (Lipinski definition) is 0. The van der Waals surface area contributed by atoms with Crippen LogP contribution in [0.3, 0.4) is 0 Å². The van der Waals surface area contributed by atoms with Crippen molar-refractivity contribution in [3.05, 3.63) is 68.2 Å². The summed E-state index contributed by atoms with van der Waals surface area (Å²) in [6, 6.07) is 9.06. The number of hydrogen-bond donors (Lipinski definition) is 0. The zero-order valence-corrected chi connectivity index (χ0v) is 14.6. The highest BCUT2D eigenvalue weighted by molar-refractivity contribution is 6.31. The molecule has 0 radical (unpaired) electrons. The maximum Gasteiger partial charge on any atom is 0.0443 e. The Kier molecular flexibility index (Phi) is 5.11. The van der Waals surface area contributed by atoms with E-state index in [0.29, 0.717) is 0 Å². The van der Waals surface area contributed by atoms with Gasteiger partial charge in [-0.1, -0.05) is 43.6 Å². The second kappa shape index (κ2) is 6.66. The molecular weight excluding hydrogens is 276 g/mol. The lowest BCUT2D eigenvalue weighted by Gasteiger charge is -2.13. The van der Waals surface area contributed by atoms with Crippen molar-refractivity contribution in [2.45, 2.75) is 53.9 Å². The van der Waals surface area contributed by atoms with Gasteiger partial charge in [0.05, 0.1) is 0 Å². The third-order valence-electron chi connectivity index (χ3n) is 4.35. The van der Waals surface area contributed by atoms with Crippen LogP contribution in [-0.2, 0) is 19.3 Å². The van der Waals surface area contributed by atoms with Gasteiger partial charge in [-0.05, 0) is 85.0 Å². The van der Waals surface area contributed by atoms with E-state index in [-0.39, 0.29) is 0 Å². The Labute approximate surface area is 134 Å². The van der Waals surface area contributed by atoms with Crippen molar-refractivity contribution in [1.82, 2.24) is 0 Å². The average molecular weight is 301 g/mol. The van der Waals surface area contributed by atoms with Gasteiger partial charge >= 0.3 is 0 Å². The van der Waals surface area contributed by atoms with Crippen LogP contribution in [0.1, 0.15) is 52.8 Å². The van der Waals surface area contributed by atoms with E-state index in [9.17, 15) is 0 Å². The fourth-order valence-corrected chi connectivity index (χ4v) is 3.80. The summed E-state index contributed by atoms with van der Waals surface area (Å²) in [5.41, 5.74) is 9.54. The summed E-state index contributed by atoms with van der Waals surface area (Å²) in [6.07, 6.45) is 3.05. The minimum atomic E-state index is 0.908. The lowest BCUT2D eigenvalue weighted by Crippen LogP contribution is -1.98. The molecule has 0 spiro atoms. The van der Waals surface area contributed by atoms with Crippen molar-refractivity contribution >= 4 is 11.6 Å². The van der Waals surface area contributed by atoms with E-state index < -0.39 is 0 Å². The highest BCUT2D eigenvalue weighted by atomic mass is 35.5. The molecule has 0 saturated heterocycles. The van der Waals surface area contributed by atoms with Gasteiger partial charge < -0.3 is 0 Å². The molecule has 0 aliphatic carbocycles. The maximum absolute atomic E-state index is 6.41. The van der Waals surface area contributed by atoms with Gasteiger partial charge in [0.2, 0.25) is 0 Å². The van der Waals surface area contributed by atoms with Crippen LogP contribution in [0.15, 0.2) is 24.3 Å². The molecule has 0 saturated carbocycles. The molecule has 112 valence electrons. The summed E-state index contributed by atoms with van der Waals surface area (Å²) in [7, 11) is 0. The molecule has 0 nitrogen and oxygen atoms in total. The molecule has 0 fully saturated rings. The Hall–Kier alpha value is -1.27. The maximum atomic E-state index is 6.41. The van der Waals surface area contributed by atoms with Crippen LogP contribution in [-0.4, -0.2) is 0 Å². The number of benzene rings is 2. The summed E-state index contributed by atoms with van der Waals surface area (Å²) >= 11 is 6.41. The minimum Gasteiger partial charge on any atom is -0.0840 e. The van der Waals surface area contributed by atoms with E-state index in [1.54, 1.807) is 0 Å². The van der Waals surface area contributed by atoms with Crippen LogP contribution >= 0.6 is 11.6 Å². The van der Waals surface area contributed by atoms with Crippen LogP contribution in [0.25, 0.3) is 0 Å². The second-order valence-corrected chi connectivity index (χ2v) is 6.37. The fraction of sp³-hybridized carbons (Fsp3) is 0.400.